The highest BCUT2D eigenvalue weighted by Crippen LogP contribution is 2.26. The van der Waals surface area contributed by atoms with Crippen molar-refractivity contribution in [3.8, 4) is 11.3 Å². The quantitative estimate of drug-likeness (QED) is 0.235. The van der Waals surface area contributed by atoms with Crippen LogP contribution < -0.4 is 10.3 Å². The summed E-state index contributed by atoms with van der Waals surface area (Å²) < 4.78 is 0. The Morgan fingerprint density at radius 2 is 1.66 bits per heavy atom. The molecule has 5 heteroatoms. The van der Waals surface area contributed by atoms with Gasteiger partial charge in [0.05, 0.1) is 23.0 Å². The molecule has 0 saturated carbocycles. The predicted octanol–water partition coefficient (Wildman–Crippen LogP) is 6.64. The summed E-state index contributed by atoms with van der Waals surface area (Å²) in [6.07, 6.45) is 1.67. The number of pyridine rings is 1. The van der Waals surface area contributed by atoms with Gasteiger partial charge in [0.2, 0.25) is 0 Å². The summed E-state index contributed by atoms with van der Waals surface area (Å²) in [6.45, 7) is 10.6. The third-order valence-corrected chi connectivity index (χ3v) is 6.24. The van der Waals surface area contributed by atoms with Gasteiger partial charge in [-0.15, -0.1) is 0 Å². The molecule has 0 radical (unpaired) electrons. The molecule has 1 amide bonds. The first-order valence-electron chi connectivity index (χ1n) is 12.2. The van der Waals surface area contributed by atoms with Crippen LogP contribution in [0.1, 0.15) is 55.1 Å². The van der Waals surface area contributed by atoms with Crippen molar-refractivity contribution in [1.29, 1.82) is 0 Å². The molecule has 0 unspecified atom stereocenters. The second-order valence-corrected chi connectivity index (χ2v) is 8.81. The van der Waals surface area contributed by atoms with Crippen LogP contribution in [0.2, 0.25) is 0 Å². The van der Waals surface area contributed by atoms with Crippen molar-refractivity contribution in [2.75, 3.05) is 18.0 Å². The number of fused-ring (bicyclic) bond motifs is 1. The van der Waals surface area contributed by atoms with Gasteiger partial charge in [0.25, 0.3) is 5.91 Å². The molecule has 0 spiro atoms. The van der Waals surface area contributed by atoms with E-state index in [1.165, 1.54) is 11.3 Å². The predicted molar refractivity (Wildman–Crippen MR) is 146 cm³/mol. The minimum absolute atomic E-state index is 0.264. The van der Waals surface area contributed by atoms with Crippen LogP contribution >= 0.6 is 0 Å². The van der Waals surface area contributed by atoms with E-state index in [9.17, 15) is 4.79 Å². The standard InChI is InChI=1S/C30H32N4O/c1-5-34(6-2)25-17-11-22(12-18-25)20-31-33-30(35)27-19-29(32-28-10-8-7-9-26(27)28)24-15-13-23(14-16-24)21(3)4/h7-21H,5-6H2,1-4H3,(H,33,35). The van der Waals surface area contributed by atoms with Crippen LogP contribution in [0, 0.1) is 0 Å². The Morgan fingerprint density at radius 3 is 2.31 bits per heavy atom. The summed E-state index contributed by atoms with van der Waals surface area (Å²) in [6, 6.07) is 26.1. The highest BCUT2D eigenvalue weighted by molar-refractivity contribution is 6.07. The minimum atomic E-state index is -0.264. The molecule has 4 aromatic rings. The number of nitrogens with zero attached hydrogens (tertiary/aromatic N) is 3. The van der Waals surface area contributed by atoms with Crippen LogP contribution in [0.25, 0.3) is 22.2 Å². The lowest BCUT2D eigenvalue weighted by Gasteiger charge is -2.20. The highest BCUT2D eigenvalue weighted by atomic mass is 16.2. The van der Waals surface area contributed by atoms with Crippen LogP contribution in [0.15, 0.2) is 84.0 Å². The second kappa shape index (κ2) is 11.0. The molecule has 0 saturated heterocycles. The number of hydrazone groups is 1. The van der Waals surface area contributed by atoms with Crippen LogP contribution in [-0.4, -0.2) is 30.2 Å². The number of hydrogen-bond donors (Lipinski definition) is 1. The van der Waals surface area contributed by atoms with Gasteiger partial charge in [0.15, 0.2) is 0 Å². The molecule has 3 aromatic carbocycles. The molecule has 1 aromatic heterocycles. The van der Waals surface area contributed by atoms with Gasteiger partial charge in [-0.1, -0.05) is 68.4 Å². The number of carbonyl (C=O) groups is 1. The monoisotopic (exact) mass is 464 g/mol. The van der Waals surface area contributed by atoms with Crippen LogP contribution in [-0.2, 0) is 0 Å². The van der Waals surface area contributed by atoms with E-state index in [4.69, 9.17) is 4.98 Å². The molecule has 0 aliphatic heterocycles. The van der Waals surface area contributed by atoms with Gasteiger partial charge in [-0.25, -0.2) is 10.4 Å². The molecular formula is C30H32N4O. The summed E-state index contributed by atoms with van der Waals surface area (Å²) in [4.78, 5) is 20.2. The minimum Gasteiger partial charge on any atom is -0.372 e. The van der Waals surface area contributed by atoms with E-state index in [-0.39, 0.29) is 5.91 Å². The Hall–Kier alpha value is -3.99. The summed E-state index contributed by atoms with van der Waals surface area (Å²) in [5.74, 6) is 0.195. The van der Waals surface area contributed by atoms with Crippen LogP contribution in [0.5, 0.6) is 0 Å². The average Bonchev–Trinajstić information content (AvgIpc) is 2.89. The van der Waals surface area contributed by atoms with Gasteiger partial charge < -0.3 is 4.90 Å². The summed E-state index contributed by atoms with van der Waals surface area (Å²) in [5.41, 5.74) is 9.13. The zero-order chi connectivity index (χ0) is 24.8. The second-order valence-electron chi connectivity index (χ2n) is 8.81. The van der Waals surface area contributed by atoms with Crippen molar-refractivity contribution in [2.24, 2.45) is 5.10 Å². The van der Waals surface area contributed by atoms with E-state index in [2.05, 4.69) is 79.5 Å². The fourth-order valence-corrected chi connectivity index (χ4v) is 4.14. The maximum absolute atomic E-state index is 13.1. The molecule has 4 rings (SSSR count). The zero-order valence-electron chi connectivity index (χ0n) is 20.8. The lowest BCUT2D eigenvalue weighted by molar-refractivity contribution is 0.0956. The number of rotatable bonds is 8. The number of amides is 1. The molecule has 35 heavy (non-hydrogen) atoms. The van der Waals surface area contributed by atoms with Crippen LogP contribution in [0.4, 0.5) is 5.69 Å². The molecular weight excluding hydrogens is 432 g/mol. The van der Waals surface area contributed by atoms with Crippen molar-refractivity contribution < 1.29 is 4.79 Å². The number of para-hydroxylation sites is 1. The van der Waals surface area contributed by atoms with Gasteiger partial charge in [0.1, 0.15) is 0 Å². The maximum atomic E-state index is 13.1. The number of aromatic nitrogens is 1. The van der Waals surface area contributed by atoms with Crippen molar-refractivity contribution in [3.05, 3.63) is 95.6 Å². The van der Waals surface area contributed by atoms with Gasteiger partial charge in [-0.2, -0.15) is 5.10 Å². The molecule has 1 heterocycles. The topological polar surface area (TPSA) is 57.6 Å². The molecule has 0 bridgehead atoms. The number of anilines is 1. The van der Waals surface area contributed by atoms with Crippen molar-refractivity contribution in [1.82, 2.24) is 10.4 Å². The van der Waals surface area contributed by atoms with Gasteiger partial charge >= 0.3 is 0 Å². The first-order chi connectivity index (χ1) is 17.0. The SMILES string of the molecule is CCN(CC)c1ccc(C=NNC(=O)c2cc(-c3ccc(C(C)C)cc3)nc3ccccc23)cc1. The van der Waals surface area contributed by atoms with E-state index >= 15 is 0 Å². The number of hydrogen-bond acceptors (Lipinski definition) is 4. The molecule has 178 valence electrons. The van der Waals surface area contributed by atoms with E-state index in [0.29, 0.717) is 11.5 Å². The molecule has 0 fully saturated rings. The van der Waals surface area contributed by atoms with E-state index in [0.717, 1.165) is 40.8 Å². The molecule has 0 aliphatic rings. The number of benzene rings is 3. The smallest absolute Gasteiger partial charge is 0.272 e. The Labute approximate surface area is 207 Å². The molecule has 1 N–H and O–H groups in total. The molecule has 0 atom stereocenters. The Morgan fingerprint density at radius 1 is 0.971 bits per heavy atom. The Bertz CT molecular complexity index is 1320. The fourth-order valence-electron chi connectivity index (χ4n) is 4.14. The number of nitrogens with one attached hydrogen (secondary N) is 1. The van der Waals surface area contributed by atoms with Gasteiger partial charge in [0, 0.05) is 29.7 Å². The van der Waals surface area contributed by atoms with E-state index < -0.39 is 0 Å². The van der Waals surface area contributed by atoms with Crippen LogP contribution in [0.3, 0.4) is 0 Å². The van der Waals surface area contributed by atoms with Crippen molar-refractivity contribution in [3.63, 3.8) is 0 Å². The summed E-state index contributed by atoms with van der Waals surface area (Å²) in [5, 5.41) is 5.01. The van der Waals surface area contributed by atoms with E-state index in [1.807, 2.05) is 42.5 Å². The normalized spacial score (nSPS) is 11.3. The lowest BCUT2D eigenvalue weighted by Crippen LogP contribution is -2.21. The highest BCUT2D eigenvalue weighted by Gasteiger charge is 2.14. The van der Waals surface area contributed by atoms with E-state index in [1.54, 1.807) is 6.21 Å². The fraction of sp³-hybridized carbons (Fsp3) is 0.233. The van der Waals surface area contributed by atoms with Gasteiger partial charge in [-0.05, 0) is 55.2 Å². The molecule has 5 nitrogen and oxygen atoms in total. The van der Waals surface area contributed by atoms with Gasteiger partial charge in [-0.3, -0.25) is 4.79 Å². The average molecular weight is 465 g/mol. The Kier molecular flexibility index (Phi) is 7.56. The Balaban J connectivity index is 1.57. The maximum Gasteiger partial charge on any atom is 0.272 e. The first-order valence-corrected chi connectivity index (χ1v) is 12.2. The third kappa shape index (κ3) is 5.57. The van der Waals surface area contributed by atoms with Crippen molar-refractivity contribution in [2.45, 2.75) is 33.6 Å². The first kappa shape index (κ1) is 24.1. The lowest BCUT2D eigenvalue weighted by atomic mass is 9.99. The summed E-state index contributed by atoms with van der Waals surface area (Å²) in [7, 11) is 0. The third-order valence-electron chi connectivity index (χ3n) is 6.24. The largest absolute Gasteiger partial charge is 0.372 e. The zero-order valence-corrected chi connectivity index (χ0v) is 20.8. The van der Waals surface area contributed by atoms with Crippen molar-refractivity contribution >= 4 is 28.7 Å². The number of carbonyl (C=O) groups excluding carboxylic acids is 1. The molecule has 0 aliphatic carbocycles. The summed E-state index contributed by atoms with van der Waals surface area (Å²) >= 11 is 0.